The number of allylic oxidation sites excluding steroid dienone is 5. The van der Waals surface area contributed by atoms with Crippen LogP contribution in [0.3, 0.4) is 0 Å². The van der Waals surface area contributed by atoms with Crippen molar-refractivity contribution in [2.24, 2.45) is 0 Å². The highest BCUT2D eigenvalue weighted by Gasteiger charge is 2.51. The zero-order valence-corrected chi connectivity index (χ0v) is 53.0. The SMILES string of the molecule is CC/C=C/CC/C=C/CC/C=C/C(O)C(COC1OC(CO)C(OC2OC(CO)C(O)C(O)C2O)C(O)C1O)NC(=O)CCCCCCCCCCCCCCCCCCCCCCCCCCCCCCCCCCCCCCCCC. The molecule has 0 bridgehead atoms. The van der Waals surface area contributed by atoms with E-state index in [2.05, 4.69) is 43.5 Å². The molecule has 14 nitrogen and oxygen atoms in total. The molecular formula is C69H129NO13. The first kappa shape index (κ1) is 77.3. The summed E-state index contributed by atoms with van der Waals surface area (Å²) in [6, 6.07) is -0.934. The number of unbranched alkanes of at least 4 members (excludes halogenated alkanes) is 40. The Bertz CT molecular complexity index is 1530. The van der Waals surface area contributed by atoms with E-state index in [0.29, 0.717) is 12.8 Å². The summed E-state index contributed by atoms with van der Waals surface area (Å²) in [5.74, 6) is -0.251. The molecule has 2 aliphatic heterocycles. The Labute approximate surface area is 506 Å². The number of rotatable bonds is 57. The van der Waals surface area contributed by atoms with Gasteiger partial charge in [-0.25, -0.2) is 0 Å². The molecule has 0 aromatic heterocycles. The first-order valence-corrected chi connectivity index (χ1v) is 34.7. The van der Waals surface area contributed by atoms with Gasteiger partial charge < -0.3 is 65.1 Å². The van der Waals surface area contributed by atoms with Crippen molar-refractivity contribution in [1.29, 1.82) is 0 Å². The second-order valence-corrected chi connectivity index (χ2v) is 24.6. The van der Waals surface area contributed by atoms with Gasteiger partial charge in [-0.2, -0.15) is 0 Å². The minimum atomic E-state index is -1.79. The third kappa shape index (κ3) is 39.0. The van der Waals surface area contributed by atoms with E-state index >= 15 is 0 Å². The molecule has 0 aromatic carbocycles. The van der Waals surface area contributed by atoms with E-state index in [1.807, 2.05) is 6.08 Å². The third-order valence-electron chi connectivity index (χ3n) is 17.1. The summed E-state index contributed by atoms with van der Waals surface area (Å²) in [5.41, 5.74) is 0. The van der Waals surface area contributed by atoms with E-state index < -0.39 is 86.8 Å². The summed E-state index contributed by atoms with van der Waals surface area (Å²) in [5, 5.41) is 86.9. The molecule has 83 heavy (non-hydrogen) atoms. The Morgan fingerprint density at radius 2 is 0.783 bits per heavy atom. The minimum absolute atomic E-state index is 0.251. The van der Waals surface area contributed by atoms with Crippen molar-refractivity contribution >= 4 is 5.91 Å². The summed E-state index contributed by atoms with van der Waals surface area (Å²) in [4.78, 5) is 13.2. The molecular weight excluding hydrogens is 1050 g/mol. The Kier molecular flexibility index (Phi) is 50.6. The highest BCUT2D eigenvalue weighted by atomic mass is 16.7. The topological polar surface area (TPSA) is 228 Å². The molecule has 0 spiro atoms. The number of aliphatic hydroxyl groups is 8. The first-order valence-electron chi connectivity index (χ1n) is 34.7. The Morgan fingerprint density at radius 1 is 0.434 bits per heavy atom. The van der Waals surface area contributed by atoms with Crippen LogP contribution in [-0.4, -0.2) is 140 Å². The summed E-state index contributed by atoms with van der Waals surface area (Å²) in [6.07, 6.45) is 52.8. The van der Waals surface area contributed by atoms with Crippen LogP contribution in [0.4, 0.5) is 0 Å². The van der Waals surface area contributed by atoms with E-state index in [1.165, 1.54) is 225 Å². The first-order chi connectivity index (χ1) is 40.6. The van der Waals surface area contributed by atoms with Crippen molar-refractivity contribution in [3.63, 3.8) is 0 Å². The van der Waals surface area contributed by atoms with E-state index in [1.54, 1.807) is 6.08 Å². The van der Waals surface area contributed by atoms with Gasteiger partial charge in [0.05, 0.1) is 32.0 Å². The predicted octanol–water partition coefficient (Wildman–Crippen LogP) is 13.7. The van der Waals surface area contributed by atoms with Crippen LogP contribution < -0.4 is 5.32 Å². The van der Waals surface area contributed by atoms with Crippen LogP contribution in [0.15, 0.2) is 36.5 Å². The maximum Gasteiger partial charge on any atom is 0.220 e. The van der Waals surface area contributed by atoms with Crippen LogP contribution in [0, 0.1) is 0 Å². The number of hydrogen-bond acceptors (Lipinski definition) is 13. The number of hydrogen-bond donors (Lipinski definition) is 9. The number of nitrogens with one attached hydrogen (secondary N) is 1. The number of carbonyl (C=O) groups is 1. The van der Waals surface area contributed by atoms with E-state index in [0.717, 1.165) is 44.9 Å². The van der Waals surface area contributed by atoms with Gasteiger partial charge in [0.15, 0.2) is 12.6 Å². The molecule has 2 saturated heterocycles. The van der Waals surface area contributed by atoms with Crippen LogP contribution in [0.25, 0.3) is 0 Å². The van der Waals surface area contributed by atoms with Crippen molar-refractivity contribution in [2.45, 2.75) is 376 Å². The van der Waals surface area contributed by atoms with Crippen molar-refractivity contribution < 1.29 is 64.6 Å². The van der Waals surface area contributed by atoms with Crippen molar-refractivity contribution in [3.8, 4) is 0 Å². The maximum atomic E-state index is 13.2. The molecule has 488 valence electrons. The van der Waals surface area contributed by atoms with Gasteiger partial charge in [-0.3, -0.25) is 4.79 Å². The highest BCUT2D eigenvalue weighted by Crippen LogP contribution is 2.30. The molecule has 2 heterocycles. The zero-order valence-electron chi connectivity index (χ0n) is 53.0. The third-order valence-corrected chi connectivity index (χ3v) is 17.1. The molecule has 0 saturated carbocycles. The zero-order chi connectivity index (χ0) is 60.2. The Hall–Kier alpha value is -1.79. The van der Waals surface area contributed by atoms with Crippen LogP contribution in [-0.2, 0) is 23.7 Å². The van der Waals surface area contributed by atoms with Gasteiger partial charge in [-0.15, -0.1) is 0 Å². The van der Waals surface area contributed by atoms with Crippen LogP contribution in [0.1, 0.15) is 303 Å². The molecule has 2 aliphatic rings. The van der Waals surface area contributed by atoms with Gasteiger partial charge in [0.25, 0.3) is 0 Å². The lowest BCUT2D eigenvalue weighted by molar-refractivity contribution is -0.359. The van der Waals surface area contributed by atoms with Gasteiger partial charge in [-0.05, 0) is 38.5 Å². The molecule has 12 unspecified atom stereocenters. The van der Waals surface area contributed by atoms with E-state index in [9.17, 15) is 45.6 Å². The monoisotopic (exact) mass is 1180 g/mol. The second kappa shape index (κ2) is 54.4. The molecule has 0 radical (unpaired) electrons. The molecule has 0 aliphatic carbocycles. The molecule has 9 N–H and O–H groups in total. The largest absolute Gasteiger partial charge is 0.394 e. The van der Waals surface area contributed by atoms with Gasteiger partial charge in [0.2, 0.25) is 5.91 Å². The molecule has 14 heteroatoms. The summed E-state index contributed by atoms with van der Waals surface area (Å²) in [6.45, 7) is 2.67. The van der Waals surface area contributed by atoms with Crippen LogP contribution in [0.5, 0.6) is 0 Å². The molecule has 0 aromatic rings. The normalized spacial score (nSPS) is 24.0. The minimum Gasteiger partial charge on any atom is -0.394 e. The lowest BCUT2D eigenvalue weighted by atomic mass is 9.97. The average Bonchev–Trinajstić information content (AvgIpc) is 3.51. The quantitative estimate of drug-likeness (QED) is 0.0204. The molecule has 2 fully saturated rings. The fraction of sp³-hybridized carbons (Fsp3) is 0.899. The Morgan fingerprint density at radius 3 is 1.17 bits per heavy atom. The maximum absolute atomic E-state index is 13.2. The molecule has 1 amide bonds. The lowest BCUT2D eigenvalue weighted by Gasteiger charge is -2.46. The smallest absolute Gasteiger partial charge is 0.220 e. The number of amides is 1. The van der Waals surface area contributed by atoms with Gasteiger partial charge in [0.1, 0.15) is 48.8 Å². The Balaban J connectivity index is 1.51. The fourth-order valence-corrected chi connectivity index (χ4v) is 11.6. The van der Waals surface area contributed by atoms with E-state index in [-0.39, 0.29) is 18.9 Å². The average molecular weight is 1180 g/mol. The summed E-state index contributed by atoms with van der Waals surface area (Å²) in [7, 11) is 0. The number of aliphatic hydroxyl groups excluding tert-OH is 8. The van der Waals surface area contributed by atoms with Gasteiger partial charge in [0, 0.05) is 6.42 Å². The van der Waals surface area contributed by atoms with Crippen molar-refractivity contribution in [1.82, 2.24) is 5.32 Å². The van der Waals surface area contributed by atoms with Crippen molar-refractivity contribution in [2.75, 3.05) is 19.8 Å². The van der Waals surface area contributed by atoms with Crippen molar-refractivity contribution in [3.05, 3.63) is 36.5 Å². The highest BCUT2D eigenvalue weighted by molar-refractivity contribution is 5.76. The number of carbonyl (C=O) groups excluding carboxylic acids is 1. The molecule has 2 rings (SSSR count). The van der Waals surface area contributed by atoms with Gasteiger partial charge in [-0.1, -0.05) is 294 Å². The number of ether oxygens (including phenoxy) is 4. The fourth-order valence-electron chi connectivity index (χ4n) is 11.6. The molecule has 12 atom stereocenters. The van der Waals surface area contributed by atoms with E-state index in [4.69, 9.17) is 18.9 Å². The second-order valence-electron chi connectivity index (χ2n) is 24.6. The van der Waals surface area contributed by atoms with Crippen LogP contribution >= 0.6 is 0 Å². The summed E-state index contributed by atoms with van der Waals surface area (Å²) >= 11 is 0. The predicted molar refractivity (Wildman–Crippen MR) is 337 cm³/mol. The van der Waals surface area contributed by atoms with Gasteiger partial charge >= 0.3 is 0 Å². The summed E-state index contributed by atoms with van der Waals surface area (Å²) < 4.78 is 22.7. The standard InChI is InChI=1S/C69H129NO13/c1-3-5-7-9-11-13-15-16-17-18-19-20-21-22-23-24-25-26-27-28-29-30-31-32-33-34-35-36-37-38-39-40-41-42-43-45-47-49-51-53-61(74)70-57(58(73)52-50-48-46-44-14-12-10-8-6-4-2)56-80-68-66(79)64(77)67(60(55-72)82-68)83-69-65(78)63(76)62(75)59(54-71)81-69/h6,8,14,44,50,52,57-60,62-69,71-73,75-79H,3-5,7,9-13,15-43,45-49,51,53-56H2,1-2H3,(H,70,74)/b8-6+,44-14+,52-50+. The van der Waals surface area contributed by atoms with Crippen LogP contribution in [0.2, 0.25) is 0 Å². The lowest BCUT2D eigenvalue weighted by Crippen LogP contribution is -2.65.